The number of hydrogen-bond donors (Lipinski definition) is 2. The molecule has 2 aromatic rings. The number of hydrogen-bond acceptors (Lipinski definition) is 5. The summed E-state index contributed by atoms with van der Waals surface area (Å²) in [6, 6.07) is 16.4. The molecule has 0 atom stereocenters. The molecule has 2 aromatic carbocycles. The average Bonchev–Trinajstić information content (AvgIpc) is 3.00. The molecule has 0 saturated carbocycles. The number of rotatable bonds is 5. The molecule has 1 aliphatic heterocycles. The Morgan fingerprint density at radius 1 is 1.10 bits per heavy atom. The SMILES string of the molecule is CC(=Cc1ccccc1)C=C1SC(=S)N(CC(=O)NNC(=O)c2ccc(Br)cc2)C1=O. The largest absolute Gasteiger partial charge is 0.283 e. The third-order valence-electron chi connectivity index (χ3n) is 4.15. The standard InChI is InChI=1S/C22H18BrN3O3S2/c1-14(11-15-5-3-2-4-6-15)12-18-21(29)26(22(30)31-18)13-19(27)24-25-20(28)16-7-9-17(23)10-8-16/h2-12H,13H2,1H3,(H,24,27)(H,25,28). The van der Waals surface area contributed by atoms with Gasteiger partial charge in [0.2, 0.25) is 0 Å². The van der Waals surface area contributed by atoms with Crippen LogP contribution >= 0.6 is 39.9 Å². The first-order valence-electron chi connectivity index (χ1n) is 9.17. The van der Waals surface area contributed by atoms with Gasteiger partial charge in [0.1, 0.15) is 10.9 Å². The summed E-state index contributed by atoms with van der Waals surface area (Å²) in [4.78, 5) is 38.6. The van der Waals surface area contributed by atoms with Crippen LogP contribution in [0.2, 0.25) is 0 Å². The molecule has 1 fully saturated rings. The summed E-state index contributed by atoms with van der Waals surface area (Å²) >= 11 is 9.69. The number of thioether (sulfide) groups is 1. The summed E-state index contributed by atoms with van der Waals surface area (Å²) in [5, 5.41) is 0. The number of amides is 3. The van der Waals surface area contributed by atoms with Gasteiger partial charge in [-0.15, -0.1) is 0 Å². The number of hydrazine groups is 1. The van der Waals surface area contributed by atoms with Gasteiger partial charge in [-0.3, -0.25) is 30.1 Å². The normalized spacial score (nSPS) is 15.4. The molecule has 1 aliphatic rings. The number of carbonyl (C=O) groups excluding carboxylic acids is 3. The number of thiocarbonyl (C=S) groups is 1. The van der Waals surface area contributed by atoms with Crippen molar-refractivity contribution in [3.63, 3.8) is 0 Å². The second-order valence-electron chi connectivity index (χ2n) is 6.58. The van der Waals surface area contributed by atoms with Crippen LogP contribution in [0.3, 0.4) is 0 Å². The van der Waals surface area contributed by atoms with Crippen LogP contribution in [0.15, 0.2) is 75.6 Å². The fraction of sp³-hybridized carbons (Fsp3) is 0.0909. The first-order valence-corrected chi connectivity index (χ1v) is 11.2. The van der Waals surface area contributed by atoms with Crippen molar-refractivity contribution in [1.29, 1.82) is 0 Å². The predicted molar refractivity (Wildman–Crippen MR) is 130 cm³/mol. The highest BCUT2D eigenvalue weighted by Gasteiger charge is 2.33. The van der Waals surface area contributed by atoms with Gasteiger partial charge in [0.15, 0.2) is 0 Å². The van der Waals surface area contributed by atoms with Crippen molar-refractivity contribution in [3.05, 3.63) is 86.8 Å². The van der Waals surface area contributed by atoms with E-state index in [1.807, 2.05) is 43.3 Å². The molecule has 2 N–H and O–H groups in total. The Morgan fingerprint density at radius 3 is 2.45 bits per heavy atom. The van der Waals surface area contributed by atoms with E-state index >= 15 is 0 Å². The summed E-state index contributed by atoms with van der Waals surface area (Å²) < 4.78 is 1.13. The minimum Gasteiger partial charge on any atom is -0.283 e. The molecular formula is C22H18BrN3O3S2. The van der Waals surface area contributed by atoms with E-state index in [4.69, 9.17) is 12.2 Å². The zero-order valence-corrected chi connectivity index (χ0v) is 19.6. The van der Waals surface area contributed by atoms with Gasteiger partial charge in [-0.05, 0) is 48.4 Å². The molecule has 0 aliphatic carbocycles. The van der Waals surface area contributed by atoms with Crippen LogP contribution in [-0.4, -0.2) is 33.5 Å². The third-order valence-corrected chi connectivity index (χ3v) is 6.06. The molecule has 0 aromatic heterocycles. The van der Waals surface area contributed by atoms with Crippen LogP contribution in [0, 0.1) is 0 Å². The molecule has 1 saturated heterocycles. The monoisotopic (exact) mass is 515 g/mol. The van der Waals surface area contributed by atoms with E-state index in [0.717, 1.165) is 27.4 Å². The predicted octanol–water partition coefficient (Wildman–Crippen LogP) is 4.06. The van der Waals surface area contributed by atoms with Gasteiger partial charge < -0.3 is 0 Å². The Kier molecular flexibility index (Phi) is 7.78. The van der Waals surface area contributed by atoms with E-state index in [9.17, 15) is 14.4 Å². The highest BCUT2D eigenvalue weighted by molar-refractivity contribution is 9.10. The topological polar surface area (TPSA) is 78.5 Å². The second kappa shape index (κ2) is 10.5. The van der Waals surface area contributed by atoms with Crippen molar-refractivity contribution < 1.29 is 14.4 Å². The Labute approximate surface area is 197 Å². The lowest BCUT2D eigenvalue weighted by molar-refractivity contribution is -0.129. The first-order chi connectivity index (χ1) is 14.8. The number of nitrogens with zero attached hydrogens (tertiary/aromatic N) is 1. The van der Waals surface area contributed by atoms with Crippen molar-refractivity contribution >= 4 is 68.0 Å². The highest BCUT2D eigenvalue weighted by Crippen LogP contribution is 2.31. The second-order valence-corrected chi connectivity index (χ2v) is 9.17. The zero-order valence-electron chi connectivity index (χ0n) is 16.4. The van der Waals surface area contributed by atoms with Gasteiger partial charge in [-0.25, -0.2) is 0 Å². The number of halogens is 1. The molecule has 0 spiro atoms. The van der Waals surface area contributed by atoms with Crippen LogP contribution in [0.25, 0.3) is 6.08 Å². The van der Waals surface area contributed by atoms with Crippen LogP contribution in [0.5, 0.6) is 0 Å². The van der Waals surface area contributed by atoms with E-state index in [1.54, 1.807) is 30.3 Å². The van der Waals surface area contributed by atoms with Crippen LogP contribution in [-0.2, 0) is 9.59 Å². The Morgan fingerprint density at radius 2 is 1.77 bits per heavy atom. The highest BCUT2D eigenvalue weighted by atomic mass is 79.9. The first kappa shape index (κ1) is 22.9. The Bertz CT molecular complexity index is 1080. The zero-order chi connectivity index (χ0) is 22.4. The fourth-order valence-electron chi connectivity index (χ4n) is 2.68. The Balaban J connectivity index is 1.58. The molecule has 1 heterocycles. The van der Waals surface area contributed by atoms with Gasteiger partial charge in [-0.1, -0.05) is 76.3 Å². The van der Waals surface area contributed by atoms with Crippen LogP contribution < -0.4 is 10.9 Å². The van der Waals surface area contributed by atoms with Gasteiger partial charge in [0, 0.05) is 10.0 Å². The van der Waals surface area contributed by atoms with Crippen molar-refractivity contribution in [2.75, 3.05) is 6.54 Å². The summed E-state index contributed by atoms with van der Waals surface area (Å²) in [6.45, 7) is 1.61. The quantitative estimate of drug-likeness (QED) is 0.356. The fourth-order valence-corrected chi connectivity index (χ4v) is 4.25. The van der Waals surface area contributed by atoms with E-state index in [-0.39, 0.29) is 16.8 Å². The van der Waals surface area contributed by atoms with Crippen LogP contribution in [0.4, 0.5) is 0 Å². The summed E-state index contributed by atoms with van der Waals surface area (Å²) in [7, 11) is 0. The van der Waals surface area contributed by atoms with Crippen molar-refractivity contribution in [2.45, 2.75) is 6.92 Å². The van der Waals surface area contributed by atoms with E-state index in [0.29, 0.717) is 10.5 Å². The maximum Gasteiger partial charge on any atom is 0.269 e. The molecule has 158 valence electrons. The molecule has 3 rings (SSSR count). The molecular weight excluding hydrogens is 498 g/mol. The summed E-state index contributed by atoms with van der Waals surface area (Å²) in [5.41, 5.74) is 6.93. The minimum atomic E-state index is -0.556. The number of carbonyl (C=O) groups is 3. The van der Waals surface area contributed by atoms with E-state index in [1.165, 1.54) is 4.90 Å². The third kappa shape index (κ3) is 6.36. The summed E-state index contributed by atoms with van der Waals surface area (Å²) in [5.74, 6) is -1.36. The lowest BCUT2D eigenvalue weighted by Crippen LogP contribution is -2.47. The molecule has 3 amide bonds. The maximum atomic E-state index is 12.7. The van der Waals surface area contributed by atoms with Gasteiger partial charge in [-0.2, -0.15) is 0 Å². The maximum absolute atomic E-state index is 12.7. The minimum absolute atomic E-state index is 0.288. The lowest BCUT2D eigenvalue weighted by atomic mass is 10.1. The van der Waals surface area contributed by atoms with E-state index in [2.05, 4.69) is 26.8 Å². The number of nitrogens with one attached hydrogen (secondary N) is 2. The lowest BCUT2D eigenvalue weighted by Gasteiger charge is -2.14. The van der Waals surface area contributed by atoms with Crippen molar-refractivity contribution in [1.82, 2.24) is 15.8 Å². The van der Waals surface area contributed by atoms with Crippen LogP contribution in [0.1, 0.15) is 22.8 Å². The average molecular weight is 516 g/mol. The summed E-state index contributed by atoms with van der Waals surface area (Å²) in [6.07, 6.45) is 3.70. The molecule has 6 nitrogen and oxygen atoms in total. The molecule has 31 heavy (non-hydrogen) atoms. The Hall–Kier alpha value is -2.75. The van der Waals surface area contributed by atoms with Crippen molar-refractivity contribution in [3.8, 4) is 0 Å². The van der Waals surface area contributed by atoms with E-state index < -0.39 is 11.8 Å². The number of allylic oxidation sites excluding steroid dienone is 2. The molecule has 9 heteroatoms. The molecule has 0 bridgehead atoms. The molecule has 0 unspecified atom stereocenters. The van der Waals surface area contributed by atoms with Gasteiger partial charge in [0.25, 0.3) is 17.7 Å². The van der Waals surface area contributed by atoms with Gasteiger partial charge in [0.05, 0.1) is 4.91 Å². The van der Waals surface area contributed by atoms with Crippen molar-refractivity contribution in [2.24, 2.45) is 0 Å². The number of benzene rings is 2. The smallest absolute Gasteiger partial charge is 0.269 e. The van der Waals surface area contributed by atoms with Gasteiger partial charge >= 0.3 is 0 Å². The molecule has 0 radical (unpaired) electrons.